The van der Waals surface area contributed by atoms with Gasteiger partial charge in [-0.1, -0.05) is 0 Å². The molecular formula is C17H17F3N2O4S2. The van der Waals surface area contributed by atoms with Crippen molar-refractivity contribution in [3.63, 3.8) is 0 Å². The van der Waals surface area contributed by atoms with Crippen molar-refractivity contribution in [1.82, 2.24) is 9.88 Å². The summed E-state index contributed by atoms with van der Waals surface area (Å²) < 4.78 is 31.7. The van der Waals surface area contributed by atoms with Crippen molar-refractivity contribution in [1.29, 1.82) is 0 Å². The Bertz CT molecular complexity index is 870. The lowest BCUT2D eigenvalue weighted by molar-refractivity contribution is -0.192. The third-order valence-electron chi connectivity index (χ3n) is 4.41. The zero-order valence-corrected chi connectivity index (χ0v) is 16.2. The summed E-state index contributed by atoms with van der Waals surface area (Å²) in [5.74, 6) is -3.57. The van der Waals surface area contributed by atoms with Gasteiger partial charge in [-0.15, -0.1) is 22.7 Å². The molecule has 0 saturated carbocycles. The van der Waals surface area contributed by atoms with E-state index < -0.39 is 18.1 Å². The van der Waals surface area contributed by atoms with Gasteiger partial charge < -0.3 is 10.2 Å². The molecule has 2 aromatic heterocycles. The molecule has 0 amide bonds. The molecule has 3 heterocycles. The van der Waals surface area contributed by atoms with Crippen LogP contribution < -0.4 is 0 Å². The van der Waals surface area contributed by atoms with Crippen LogP contribution >= 0.6 is 22.7 Å². The highest BCUT2D eigenvalue weighted by molar-refractivity contribution is 7.14. The lowest BCUT2D eigenvalue weighted by Crippen LogP contribution is -2.28. The Morgan fingerprint density at radius 1 is 1.14 bits per heavy atom. The quantitative estimate of drug-likeness (QED) is 0.768. The molecule has 0 bridgehead atoms. The maximum Gasteiger partial charge on any atom is 0.490 e. The van der Waals surface area contributed by atoms with Crippen molar-refractivity contribution < 1.29 is 33.0 Å². The summed E-state index contributed by atoms with van der Waals surface area (Å²) in [7, 11) is 0. The average molecular weight is 434 g/mol. The second kappa shape index (κ2) is 8.18. The molecule has 1 aliphatic carbocycles. The first-order chi connectivity index (χ1) is 13.1. The van der Waals surface area contributed by atoms with Crippen LogP contribution in [-0.4, -0.2) is 44.8 Å². The maximum atomic E-state index is 11.1. The zero-order valence-electron chi connectivity index (χ0n) is 14.6. The van der Waals surface area contributed by atoms with Gasteiger partial charge in [0.25, 0.3) is 0 Å². The second-order valence-electron chi connectivity index (χ2n) is 6.46. The first-order valence-corrected chi connectivity index (χ1v) is 10.1. The van der Waals surface area contributed by atoms with E-state index in [-0.39, 0.29) is 0 Å². The van der Waals surface area contributed by atoms with Crippen LogP contribution in [0.1, 0.15) is 42.1 Å². The molecule has 28 heavy (non-hydrogen) atoms. The summed E-state index contributed by atoms with van der Waals surface area (Å²) in [6.45, 7) is 2.75. The Morgan fingerprint density at radius 3 is 2.46 bits per heavy atom. The summed E-state index contributed by atoms with van der Waals surface area (Å²) in [5, 5.41) is 17.4. The van der Waals surface area contributed by atoms with E-state index >= 15 is 0 Å². The van der Waals surface area contributed by atoms with Gasteiger partial charge in [-0.05, 0) is 37.3 Å². The number of alkyl halides is 3. The third kappa shape index (κ3) is 4.89. The Hall–Kier alpha value is -1.98. The molecule has 4 rings (SSSR count). The Labute approximate surface area is 166 Å². The van der Waals surface area contributed by atoms with Crippen LogP contribution in [-0.2, 0) is 37.1 Å². The van der Waals surface area contributed by atoms with E-state index in [1.54, 1.807) is 0 Å². The zero-order chi connectivity index (χ0) is 20.5. The number of thiophene rings is 1. The minimum absolute atomic E-state index is 0.468. The van der Waals surface area contributed by atoms with E-state index in [9.17, 15) is 18.0 Å². The van der Waals surface area contributed by atoms with E-state index in [1.165, 1.54) is 50.2 Å². The number of aliphatic carboxylic acids is 1. The van der Waals surface area contributed by atoms with Crippen LogP contribution in [0.2, 0.25) is 0 Å². The van der Waals surface area contributed by atoms with Gasteiger partial charge in [-0.3, -0.25) is 4.90 Å². The first kappa shape index (κ1) is 20.7. The number of fused-ring (bicyclic) bond motifs is 2. The molecule has 0 fully saturated rings. The van der Waals surface area contributed by atoms with Crippen molar-refractivity contribution >= 4 is 34.6 Å². The van der Waals surface area contributed by atoms with E-state index in [0.717, 1.165) is 32.5 Å². The van der Waals surface area contributed by atoms with Gasteiger partial charge >= 0.3 is 18.1 Å². The lowest BCUT2D eigenvalue weighted by Gasteiger charge is -2.25. The molecule has 1 aliphatic heterocycles. The minimum Gasteiger partial charge on any atom is -0.477 e. The fraction of sp³-hybridized carbons (Fsp3) is 0.471. The van der Waals surface area contributed by atoms with Crippen LogP contribution in [0.3, 0.4) is 0 Å². The first-order valence-electron chi connectivity index (χ1n) is 8.48. The summed E-state index contributed by atoms with van der Waals surface area (Å²) in [5.41, 5.74) is 2.53. The highest BCUT2D eigenvalue weighted by Crippen LogP contribution is 2.31. The highest BCUT2D eigenvalue weighted by Gasteiger charge is 2.38. The van der Waals surface area contributed by atoms with Crippen LogP contribution in [0.5, 0.6) is 0 Å². The molecule has 11 heteroatoms. The Morgan fingerprint density at radius 2 is 1.86 bits per heavy atom. The van der Waals surface area contributed by atoms with Crippen LogP contribution in [0.4, 0.5) is 13.2 Å². The fourth-order valence-electron chi connectivity index (χ4n) is 3.12. The normalized spacial score (nSPS) is 16.1. The summed E-state index contributed by atoms with van der Waals surface area (Å²) in [4.78, 5) is 30.3. The number of aromatic nitrogens is 1. The average Bonchev–Trinajstić information content (AvgIpc) is 3.27. The van der Waals surface area contributed by atoms with Gasteiger partial charge in [0.1, 0.15) is 9.88 Å². The van der Waals surface area contributed by atoms with Crippen molar-refractivity contribution in [3.8, 4) is 0 Å². The molecule has 0 saturated heterocycles. The number of rotatable bonds is 3. The van der Waals surface area contributed by atoms with E-state index in [1.807, 2.05) is 17.4 Å². The second-order valence-corrected chi connectivity index (χ2v) is 8.76. The molecule has 0 spiro atoms. The fourth-order valence-corrected chi connectivity index (χ4v) is 5.41. The van der Waals surface area contributed by atoms with Crippen LogP contribution in [0.25, 0.3) is 0 Å². The number of thiazole rings is 1. The van der Waals surface area contributed by atoms with Gasteiger partial charge in [-0.2, -0.15) is 13.2 Å². The van der Waals surface area contributed by atoms with E-state index in [2.05, 4.69) is 4.90 Å². The predicted molar refractivity (Wildman–Crippen MR) is 96.9 cm³/mol. The standard InChI is InChI=1S/C15H16N2O2S2.C2HF3O2/c18-15(19)12-6-9-4-5-17(7-13(9)20-12)8-14-16-10-2-1-3-11(10)21-14;3-2(4,5)1(6)7/h6H,1-5,7-8H2,(H,18,19);(H,6,7). The molecule has 2 aromatic rings. The number of aromatic carboxylic acids is 1. The predicted octanol–water partition coefficient (Wildman–Crippen LogP) is 3.58. The number of carbonyl (C=O) groups is 2. The Balaban J connectivity index is 0.000000279. The summed E-state index contributed by atoms with van der Waals surface area (Å²) in [6.07, 6.45) is -0.536. The van der Waals surface area contributed by atoms with Crippen molar-refractivity contribution in [3.05, 3.63) is 37.0 Å². The van der Waals surface area contributed by atoms with Crippen LogP contribution in [0, 0.1) is 0 Å². The number of carboxylic acids is 2. The molecule has 0 aromatic carbocycles. The number of hydrogen-bond acceptors (Lipinski definition) is 6. The number of aryl methyl sites for hydroxylation is 2. The van der Waals surface area contributed by atoms with Crippen molar-refractivity contribution in [2.24, 2.45) is 0 Å². The summed E-state index contributed by atoms with van der Waals surface area (Å²) in [6, 6.07) is 1.84. The number of halogens is 3. The molecular weight excluding hydrogens is 417 g/mol. The minimum atomic E-state index is -5.08. The molecule has 2 N–H and O–H groups in total. The smallest absolute Gasteiger partial charge is 0.477 e. The van der Waals surface area contributed by atoms with E-state index in [4.69, 9.17) is 20.0 Å². The maximum absolute atomic E-state index is 11.1. The van der Waals surface area contributed by atoms with Crippen molar-refractivity contribution in [2.75, 3.05) is 6.54 Å². The van der Waals surface area contributed by atoms with Gasteiger partial charge in [0.2, 0.25) is 0 Å². The van der Waals surface area contributed by atoms with Gasteiger partial charge in [0.05, 0.1) is 12.2 Å². The van der Waals surface area contributed by atoms with E-state index in [0.29, 0.717) is 4.88 Å². The van der Waals surface area contributed by atoms with Crippen molar-refractivity contribution in [2.45, 2.75) is 44.9 Å². The number of nitrogens with zero attached hydrogens (tertiary/aromatic N) is 2. The van der Waals surface area contributed by atoms with Gasteiger partial charge in [0, 0.05) is 22.8 Å². The number of hydrogen-bond donors (Lipinski definition) is 2. The van der Waals surface area contributed by atoms with Gasteiger partial charge in [0.15, 0.2) is 0 Å². The molecule has 0 radical (unpaired) electrons. The third-order valence-corrected chi connectivity index (χ3v) is 6.71. The van der Waals surface area contributed by atoms with Gasteiger partial charge in [-0.25, -0.2) is 14.6 Å². The largest absolute Gasteiger partial charge is 0.490 e. The molecule has 152 valence electrons. The molecule has 6 nitrogen and oxygen atoms in total. The monoisotopic (exact) mass is 434 g/mol. The Kier molecular flexibility index (Phi) is 6.06. The highest BCUT2D eigenvalue weighted by atomic mass is 32.1. The topological polar surface area (TPSA) is 90.7 Å². The molecule has 2 aliphatic rings. The number of carboxylic acid groups (broad SMARTS) is 2. The summed E-state index contributed by atoms with van der Waals surface area (Å²) >= 11 is 3.29. The molecule has 0 atom stereocenters. The SMILES string of the molecule is O=C(O)C(F)(F)F.O=C(O)c1cc2c(s1)CN(Cc1nc3c(s1)CCC3)CC2. The molecule has 0 unspecified atom stereocenters. The lowest BCUT2D eigenvalue weighted by atomic mass is 10.1. The van der Waals surface area contributed by atoms with Crippen LogP contribution in [0.15, 0.2) is 6.07 Å².